The van der Waals surface area contributed by atoms with Gasteiger partial charge in [-0.15, -0.1) is 0 Å². The number of carbonyl (C=O) groups is 1. The van der Waals surface area contributed by atoms with Crippen LogP contribution in [0.15, 0.2) is 24.3 Å². The molecule has 8 nitrogen and oxygen atoms in total. The van der Waals surface area contributed by atoms with Crippen molar-refractivity contribution in [2.75, 3.05) is 40.9 Å². The Morgan fingerprint density at radius 3 is 1.37 bits per heavy atom. The van der Waals surface area contributed by atoms with Crippen LogP contribution in [0.1, 0.15) is 226 Å². The highest BCUT2D eigenvalue weighted by atomic mass is 31.2. The fraction of sp³-hybridized carbons (Fsp3) is 0.896. The number of aliphatic hydroxyl groups excluding tert-OH is 1. The molecule has 0 spiro atoms. The maximum atomic E-state index is 12.9. The molecule has 9 heteroatoms. The van der Waals surface area contributed by atoms with Gasteiger partial charge >= 0.3 is 7.82 Å². The van der Waals surface area contributed by atoms with Gasteiger partial charge in [0.25, 0.3) is 0 Å². The Bertz CT molecular complexity index is 984. The van der Waals surface area contributed by atoms with E-state index in [2.05, 4.69) is 31.3 Å². The van der Waals surface area contributed by atoms with Gasteiger partial charge in [-0.05, 0) is 44.9 Å². The zero-order chi connectivity index (χ0) is 42.1. The standard InChI is InChI=1S/C48H95N2O6P/c1-6-8-10-12-14-16-18-20-21-22-23-24-25-26-27-28-30-31-33-35-37-39-41-47(51)46(45-56-57(53,54)55-44-43-50(3,4)5)49-48(52)42-40-38-36-34-32-29-19-17-15-13-11-9-7-2/h17,19,39,41,46-47,51H,6-16,18,20-38,40,42-45H2,1-5H3,(H-,49,52,53,54)/p+1/b19-17-,41-39+. The predicted molar refractivity (Wildman–Crippen MR) is 245 cm³/mol. The van der Waals surface area contributed by atoms with Crippen molar-refractivity contribution in [3.63, 3.8) is 0 Å². The van der Waals surface area contributed by atoms with E-state index < -0.39 is 20.0 Å². The molecule has 0 heterocycles. The van der Waals surface area contributed by atoms with Crippen LogP contribution in [0.4, 0.5) is 0 Å². The van der Waals surface area contributed by atoms with E-state index in [-0.39, 0.29) is 19.1 Å². The highest BCUT2D eigenvalue weighted by Crippen LogP contribution is 2.43. The van der Waals surface area contributed by atoms with Gasteiger partial charge in [0.1, 0.15) is 13.2 Å². The Hall–Kier alpha value is -1.02. The molecular formula is C48H96N2O6P+. The third-order valence-corrected chi connectivity index (χ3v) is 11.9. The minimum Gasteiger partial charge on any atom is -0.387 e. The lowest BCUT2D eigenvalue weighted by atomic mass is 10.0. The fourth-order valence-electron chi connectivity index (χ4n) is 7.04. The summed E-state index contributed by atoms with van der Waals surface area (Å²) in [7, 11) is 1.57. The first-order valence-electron chi connectivity index (χ1n) is 24.2. The molecule has 0 aromatic heterocycles. The van der Waals surface area contributed by atoms with Gasteiger partial charge in [-0.3, -0.25) is 13.8 Å². The van der Waals surface area contributed by atoms with Crippen LogP contribution in [0.25, 0.3) is 0 Å². The molecule has 0 saturated heterocycles. The quantitative estimate of drug-likeness (QED) is 0.0244. The van der Waals surface area contributed by atoms with Gasteiger partial charge in [0.15, 0.2) is 0 Å². The lowest BCUT2D eigenvalue weighted by Gasteiger charge is -2.25. The number of nitrogens with zero attached hydrogens (tertiary/aromatic N) is 1. The van der Waals surface area contributed by atoms with Crippen LogP contribution >= 0.6 is 7.82 Å². The predicted octanol–water partition coefficient (Wildman–Crippen LogP) is 13.7. The average Bonchev–Trinajstić information content (AvgIpc) is 3.16. The molecule has 0 aromatic carbocycles. The van der Waals surface area contributed by atoms with Gasteiger partial charge in [0.05, 0.1) is 39.9 Å². The van der Waals surface area contributed by atoms with Crippen LogP contribution in [0.2, 0.25) is 0 Å². The van der Waals surface area contributed by atoms with E-state index in [0.29, 0.717) is 17.4 Å². The second kappa shape index (κ2) is 40.4. The molecule has 338 valence electrons. The highest BCUT2D eigenvalue weighted by Gasteiger charge is 2.27. The molecule has 0 bridgehead atoms. The van der Waals surface area contributed by atoms with Crippen LogP contribution in [-0.4, -0.2) is 73.4 Å². The number of phosphoric acid groups is 1. The molecule has 0 aliphatic carbocycles. The van der Waals surface area contributed by atoms with Crippen LogP contribution in [-0.2, 0) is 18.4 Å². The number of carbonyl (C=O) groups excluding carboxylic acids is 1. The third-order valence-electron chi connectivity index (χ3n) is 10.9. The largest absolute Gasteiger partial charge is 0.472 e. The number of hydrogen-bond acceptors (Lipinski definition) is 5. The Kier molecular flexibility index (Phi) is 39.7. The van der Waals surface area contributed by atoms with Crippen LogP contribution in [0.5, 0.6) is 0 Å². The molecule has 1 amide bonds. The molecule has 3 N–H and O–H groups in total. The van der Waals surface area contributed by atoms with E-state index in [1.165, 1.54) is 154 Å². The normalized spacial score (nSPS) is 14.4. The van der Waals surface area contributed by atoms with E-state index >= 15 is 0 Å². The number of rotatable bonds is 44. The Labute approximate surface area is 354 Å². The smallest absolute Gasteiger partial charge is 0.387 e. The van der Waals surface area contributed by atoms with E-state index in [1.54, 1.807) is 6.08 Å². The summed E-state index contributed by atoms with van der Waals surface area (Å²) in [5.74, 6) is -0.185. The summed E-state index contributed by atoms with van der Waals surface area (Å²) in [5.41, 5.74) is 0. The molecule has 57 heavy (non-hydrogen) atoms. The number of nitrogens with one attached hydrogen (secondary N) is 1. The summed E-state index contributed by atoms with van der Waals surface area (Å²) in [4.78, 5) is 23.1. The third kappa shape index (κ3) is 42.9. The van der Waals surface area contributed by atoms with Gasteiger partial charge in [0, 0.05) is 6.42 Å². The Morgan fingerprint density at radius 2 is 0.947 bits per heavy atom. The molecule has 3 unspecified atom stereocenters. The van der Waals surface area contributed by atoms with Crippen molar-refractivity contribution in [2.45, 2.75) is 238 Å². The van der Waals surface area contributed by atoms with Crippen molar-refractivity contribution < 1.29 is 32.9 Å². The Balaban J connectivity index is 4.31. The summed E-state index contributed by atoms with van der Waals surface area (Å²) in [6, 6.07) is -0.847. The van der Waals surface area contributed by atoms with Crippen molar-refractivity contribution in [1.29, 1.82) is 0 Å². The van der Waals surface area contributed by atoms with E-state index in [4.69, 9.17) is 9.05 Å². The van der Waals surface area contributed by atoms with Gasteiger partial charge in [0.2, 0.25) is 5.91 Å². The summed E-state index contributed by atoms with van der Waals surface area (Å²) in [6.45, 7) is 4.81. The van der Waals surface area contributed by atoms with Crippen LogP contribution in [0.3, 0.4) is 0 Å². The van der Waals surface area contributed by atoms with Crippen molar-refractivity contribution in [3.05, 3.63) is 24.3 Å². The van der Waals surface area contributed by atoms with Gasteiger partial charge in [-0.25, -0.2) is 4.57 Å². The molecule has 0 fully saturated rings. The maximum Gasteiger partial charge on any atom is 0.472 e. The van der Waals surface area contributed by atoms with Crippen LogP contribution in [0, 0.1) is 0 Å². The number of quaternary nitrogens is 1. The molecule has 0 aliphatic heterocycles. The SMILES string of the molecule is CCCCCC/C=C\CCCCCCCC(=O)NC(COP(=O)(O)OCC[N+](C)(C)C)C(O)/C=C/CCCCCCCCCCCCCCCCCCCCCC. The molecule has 0 rings (SSSR count). The van der Waals surface area contributed by atoms with Gasteiger partial charge in [-0.1, -0.05) is 199 Å². The van der Waals surface area contributed by atoms with Crippen molar-refractivity contribution >= 4 is 13.7 Å². The fourth-order valence-corrected chi connectivity index (χ4v) is 7.77. The van der Waals surface area contributed by atoms with E-state index in [1.807, 2.05) is 27.2 Å². The summed E-state index contributed by atoms with van der Waals surface area (Å²) < 4.78 is 23.6. The monoisotopic (exact) mass is 828 g/mol. The summed E-state index contributed by atoms with van der Waals surface area (Å²) >= 11 is 0. The molecular weight excluding hydrogens is 732 g/mol. The number of hydrogen-bond donors (Lipinski definition) is 3. The molecule has 0 aromatic rings. The topological polar surface area (TPSA) is 105 Å². The summed E-state index contributed by atoms with van der Waals surface area (Å²) in [5, 5.41) is 13.8. The molecule has 0 saturated carbocycles. The van der Waals surface area contributed by atoms with Gasteiger partial charge in [-0.2, -0.15) is 0 Å². The lowest BCUT2D eigenvalue weighted by Crippen LogP contribution is -2.45. The second-order valence-electron chi connectivity index (χ2n) is 17.8. The highest BCUT2D eigenvalue weighted by molar-refractivity contribution is 7.47. The molecule has 0 radical (unpaired) electrons. The van der Waals surface area contributed by atoms with Crippen molar-refractivity contribution in [3.8, 4) is 0 Å². The molecule has 0 aliphatic rings. The zero-order valence-corrected chi connectivity index (χ0v) is 39.2. The van der Waals surface area contributed by atoms with Gasteiger partial charge < -0.3 is 19.8 Å². The number of amides is 1. The number of allylic oxidation sites excluding steroid dienone is 3. The summed E-state index contributed by atoms with van der Waals surface area (Å²) in [6.07, 6.45) is 48.2. The zero-order valence-electron chi connectivity index (χ0n) is 38.3. The first-order valence-corrected chi connectivity index (χ1v) is 25.7. The van der Waals surface area contributed by atoms with Crippen molar-refractivity contribution in [2.24, 2.45) is 0 Å². The maximum absolute atomic E-state index is 12.9. The minimum atomic E-state index is -4.34. The van der Waals surface area contributed by atoms with E-state index in [9.17, 15) is 19.4 Å². The van der Waals surface area contributed by atoms with Crippen LogP contribution < -0.4 is 5.32 Å². The lowest BCUT2D eigenvalue weighted by molar-refractivity contribution is -0.870. The average molecular weight is 828 g/mol. The molecule has 3 atom stereocenters. The number of unbranched alkanes of at least 4 members (excludes halogenated alkanes) is 29. The first kappa shape index (κ1) is 56.0. The second-order valence-corrected chi connectivity index (χ2v) is 19.3. The first-order chi connectivity index (χ1) is 27.5. The van der Waals surface area contributed by atoms with E-state index in [0.717, 1.165) is 51.4 Å². The Morgan fingerprint density at radius 1 is 0.579 bits per heavy atom. The van der Waals surface area contributed by atoms with Crippen molar-refractivity contribution in [1.82, 2.24) is 5.32 Å². The number of aliphatic hydroxyl groups is 1. The number of likely N-dealkylation sites (N-methyl/N-ethyl adjacent to an activating group) is 1. The minimum absolute atomic E-state index is 0.0611. The number of phosphoric ester groups is 1.